The van der Waals surface area contributed by atoms with Gasteiger partial charge in [0.25, 0.3) is 0 Å². The van der Waals surface area contributed by atoms with Crippen molar-refractivity contribution in [3.8, 4) is 0 Å². The molecular formula is C4H7N2O2-. The molecule has 0 spiro atoms. The second-order valence-corrected chi connectivity index (χ2v) is 1.29. The number of hydrogen-bond acceptors (Lipinski definition) is 2. The lowest BCUT2D eigenvalue weighted by Gasteiger charge is -1.99. The fourth-order valence-electron chi connectivity index (χ4n) is 0.234. The Morgan fingerprint density at radius 1 is 1.88 bits per heavy atom. The summed E-state index contributed by atoms with van der Waals surface area (Å²) in [6, 6.07) is 0. The van der Waals surface area contributed by atoms with E-state index in [4.69, 9.17) is 0 Å². The third kappa shape index (κ3) is 2.17. The summed E-state index contributed by atoms with van der Waals surface area (Å²) in [4.78, 5) is 9.29. The van der Waals surface area contributed by atoms with E-state index in [1.807, 2.05) is 0 Å². The summed E-state index contributed by atoms with van der Waals surface area (Å²) in [7, 11) is 1.49. The highest BCUT2D eigenvalue weighted by Gasteiger charge is 1.92. The van der Waals surface area contributed by atoms with Crippen LogP contribution < -0.4 is 0 Å². The predicted octanol–water partition coefficient (Wildman–Crippen LogP) is 1.13. The number of hydrogen-bond donors (Lipinski definition) is 0. The molecule has 4 nitrogen and oxygen atoms in total. The first-order chi connectivity index (χ1) is 3.68. The zero-order valence-corrected chi connectivity index (χ0v) is 4.79. The molecule has 0 radical (unpaired) electrons. The Kier molecular flexibility index (Phi) is 2.61. The molecule has 0 aromatic heterocycles. The molecule has 0 saturated heterocycles. The Labute approximate surface area is 47.3 Å². The van der Waals surface area contributed by atoms with Gasteiger partial charge < -0.3 is 5.32 Å². The molecule has 8 heavy (non-hydrogen) atoms. The average molecular weight is 115 g/mol. The van der Waals surface area contributed by atoms with Crippen LogP contribution in [0.3, 0.4) is 0 Å². The third-order valence-electron chi connectivity index (χ3n) is 0.604. The molecule has 0 bridgehead atoms. The van der Waals surface area contributed by atoms with Crippen molar-refractivity contribution in [1.29, 1.82) is 0 Å². The van der Waals surface area contributed by atoms with Crippen molar-refractivity contribution in [2.45, 2.75) is 6.92 Å². The Hall–Kier alpha value is -1.06. The number of rotatable bonds is 2. The molecular weight excluding hydrogens is 108 g/mol. The molecule has 46 valence electrons. The fourth-order valence-corrected chi connectivity index (χ4v) is 0.234. The molecule has 0 atom stereocenters. The number of allylic oxidation sites excluding steroid dienone is 1. The Balaban J connectivity index is 3.80. The van der Waals surface area contributed by atoms with Crippen LogP contribution in [0, 0.1) is 10.1 Å². The van der Waals surface area contributed by atoms with E-state index in [9.17, 15) is 10.1 Å². The van der Waals surface area contributed by atoms with Crippen LogP contribution in [-0.4, -0.2) is 12.0 Å². The van der Waals surface area contributed by atoms with Crippen LogP contribution >= 0.6 is 0 Å². The molecule has 0 aliphatic heterocycles. The SMILES string of the molecule is C[N-]/C=C(\C)[N+](=O)[O-]. The molecule has 0 aliphatic carbocycles. The summed E-state index contributed by atoms with van der Waals surface area (Å²) in [5.41, 5.74) is 0.0625. The molecule has 0 unspecified atom stereocenters. The lowest BCUT2D eigenvalue weighted by Crippen LogP contribution is -1.91. The molecule has 4 heteroatoms. The van der Waals surface area contributed by atoms with Gasteiger partial charge in [-0.2, -0.15) is 0 Å². The van der Waals surface area contributed by atoms with Gasteiger partial charge in [-0.05, 0) is 0 Å². The third-order valence-corrected chi connectivity index (χ3v) is 0.604. The molecule has 0 aromatic carbocycles. The molecule has 0 saturated carbocycles. The monoisotopic (exact) mass is 115 g/mol. The van der Waals surface area contributed by atoms with Crippen molar-refractivity contribution in [3.05, 3.63) is 27.3 Å². The van der Waals surface area contributed by atoms with Crippen LogP contribution in [0.25, 0.3) is 5.32 Å². The highest BCUT2D eigenvalue weighted by atomic mass is 16.6. The first kappa shape index (κ1) is 6.94. The van der Waals surface area contributed by atoms with E-state index in [1.54, 1.807) is 0 Å². The van der Waals surface area contributed by atoms with E-state index in [-0.39, 0.29) is 5.70 Å². The van der Waals surface area contributed by atoms with Crippen molar-refractivity contribution in [2.75, 3.05) is 7.05 Å². The number of nitro groups is 1. The van der Waals surface area contributed by atoms with E-state index in [2.05, 4.69) is 5.32 Å². The summed E-state index contributed by atoms with van der Waals surface area (Å²) < 4.78 is 0. The summed E-state index contributed by atoms with van der Waals surface area (Å²) in [6.45, 7) is 1.40. The normalized spacial score (nSPS) is 11.0. The first-order valence-electron chi connectivity index (χ1n) is 2.08. The van der Waals surface area contributed by atoms with Crippen molar-refractivity contribution in [1.82, 2.24) is 0 Å². The van der Waals surface area contributed by atoms with E-state index >= 15 is 0 Å². The second-order valence-electron chi connectivity index (χ2n) is 1.29. The van der Waals surface area contributed by atoms with Crippen LogP contribution in [-0.2, 0) is 0 Å². The van der Waals surface area contributed by atoms with Gasteiger partial charge in [-0.1, -0.05) is 0 Å². The quantitative estimate of drug-likeness (QED) is 0.400. The molecule has 0 aromatic rings. The molecule has 0 amide bonds. The van der Waals surface area contributed by atoms with Gasteiger partial charge in [-0.25, -0.2) is 0 Å². The molecule has 0 N–H and O–H groups in total. The van der Waals surface area contributed by atoms with Crippen LogP contribution in [0.4, 0.5) is 0 Å². The first-order valence-corrected chi connectivity index (χ1v) is 2.08. The standard InChI is InChI=1S/C4H7N2O2/c1-4(3-5-2)6(7)8/h3H,1-2H3/q-1/b4-3+. The maximum Gasteiger partial charge on any atom is 0.221 e. The van der Waals surface area contributed by atoms with Gasteiger partial charge in [0.1, 0.15) is 0 Å². The van der Waals surface area contributed by atoms with Crippen molar-refractivity contribution in [3.63, 3.8) is 0 Å². The van der Waals surface area contributed by atoms with E-state index in [1.165, 1.54) is 20.2 Å². The lowest BCUT2D eigenvalue weighted by atomic mass is 10.6. The average Bonchev–Trinajstić information content (AvgIpc) is 1.67. The van der Waals surface area contributed by atoms with Crippen molar-refractivity contribution >= 4 is 0 Å². The van der Waals surface area contributed by atoms with Gasteiger partial charge in [0, 0.05) is 6.92 Å². The van der Waals surface area contributed by atoms with Crippen molar-refractivity contribution in [2.24, 2.45) is 0 Å². The second kappa shape index (κ2) is 3.01. The smallest absolute Gasteiger partial charge is 0.221 e. The van der Waals surface area contributed by atoms with Gasteiger partial charge in [-0.3, -0.25) is 10.1 Å². The molecule has 0 fully saturated rings. The highest BCUT2D eigenvalue weighted by Crippen LogP contribution is 1.93. The summed E-state index contributed by atoms with van der Waals surface area (Å²) in [5, 5.41) is 13.2. The van der Waals surface area contributed by atoms with Crippen LogP contribution in [0.2, 0.25) is 0 Å². The van der Waals surface area contributed by atoms with Gasteiger partial charge in [0.05, 0.1) is 4.92 Å². The molecule has 0 heterocycles. The maximum absolute atomic E-state index is 9.77. The minimum absolute atomic E-state index is 0.0625. The summed E-state index contributed by atoms with van der Waals surface area (Å²) in [6.07, 6.45) is 1.21. The highest BCUT2D eigenvalue weighted by molar-refractivity contribution is 4.99. The Bertz CT molecular complexity index is 119. The Morgan fingerprint density at radius 3 is 2.50 bits per heavy atom. The topological polar surface area (TPSA) is 57.2 Å². The fraction of sp³-hybridized carbons (Fsp3) is 0.500. The van der Waals surface area contributed by atoms with E-state index in [0.29, 0.717) is 0 Å². The largest absolute Gasteiger partial charge is 0.688 e. The van der Waals surface area contributed by atoms with Gasteiger partial charge in [-0.15, -0.1) is 13.2 Å². The van der Waals surface area contributed by atoms with Crippen LogP contribution in [0.5, 0.6) is 0 Å². The lowest BCUT2D eigenvalue weighted by molar-refractivity contribution is -0.424. The number of nitrogens with zero attached hydrogens (tertiary/aromatic N) is 2. The van der Waals surface area contributed by atoms with E-state index in [0.717, 1.165) is 0 Å². The maximum atomic E-state index is 9.77. The van der Waals surface area contributed by atoms with Gasteiger partial charge in [0.2, 0.25) is 5.70 Å². The predicted molar refractivity (Wildman–Crippen MR) is 30.0 cm³/mol. The zero-order valence-electron chi connectivity index (χ0n) is 4.79. The Morgan fingerprint density at radius 2 is 2.38 bits per heavy atom. The minimum atomic E-state index is -0.479. The van der Waals surface area contributed by atoms with Gasteiger partial charge >= 0.3 is 0 Å². The molecule has 0 aliphatic rings. The van der Waals surface area contributed by atoms with Crippen LogP contribution in [0.1, 0.15) is 6.92 Å². The zero-order chi connectivity index (χ0) is 6.57. The minimum Gasteiger partial charge on any atom is -0.688 e. The summed E-state index contributed by atoms with van der Waals surface area (Å²) >= 11 is 0. The van der Waals surface area contributed by atoms with Crippen molar-refractivity contribution < 1.29 is 4.92 Å². The summed E-state index contributed by atoms with van der Waals surface area (Å²) in [5.74, 6) is 0. The van der Waals surface area contributed by atoms with Crippen LogP contribution in [0.15, 0.2) is 11.9 Å². The molecule has 0 rings (SSSR count). The van der Waals surface area contributed by atoms with Gasteiger partial charge in [0.15, 0.2) is 0 Å². The van der Waals surface area contributed by atoms with E-state index < -0.39 is 4.92 Å².